The van der Waals surface area contributed by atoms with E-state index in [2.05, 4.69) is 15.5 Å². The van der Waals surface area contributed by atoms with E-state index in [0.29, 0.717) is 12.1 Å². The van der Waals surface area contributed by atoms with E-state index >= 15 is 0 Å². The number of fused-ring (bicyclic) bond motifs is 1. The van der Waals surface area contributed by atoms with E-state index in [1.165, 1.54) is 4.90 Å². The largest absolute Gasteiger partial charge is 0.437 e. The Morgan fingerprint density at radius 3 is 2.57 bits per heavy atom. The summed E-state index contributed by atoms with van der Waals surface area (Å²) >= 11 is 0. The van der Waals surface area contributed by atoms with Crippen LogP contribution in [0.3, 0.4) is 0 Å². The zero-order chi connectivity index (χ0) is 20.6. The number of amides is 1. The number of carbonyl (C=O) groups is 1. The zero-order valence-electron chi connectivity index (χ0n) is 14.2. The lowest BCUT2D eigenvalue weighted by molar-refractivity contribution is -0.140. The average molecular weight is 407 g/mol. The Morgan fingerprint density at radius 2 is 1.89 bits per heavy atom. The average Bonchev–Trinajstić information content (AvgIpc) is 3.03. The van der Waals surface area contributed by atoms with Crippen LogP contribution in [0.25, 0.3) is 0 Å². The van der Waals surface area contributed by atoms with Crippen LogP contribution < -0.4 is 11.1 Å². The van der Waals surface area contributed by atoms with Gasteiger partial charge in [0, 0.05) is 18.5 Å². The second-order valence-corrected chi connectivity index (χ2v) is 6.38. The van der Waals surface area contributed by atoms with Crippen molar-refractivity contribution in [2.45, 2.75) is 31.6 Å². The molecule has 1 atom stereocenters. The molecule has 1 aromatic carbocycles. The number of hydrogen-bond donors (Lipinski definition) is 3. The number of aromatic amines is 1. The second kappa shape index (κ2) is 7.34. The van der Waals surface area contributed by atoms with Crippen molar-refractivity contribution in [1.29, 1.82) is 0 Å². The molecule has 1 amide bonds. The summed E-state index contributed by atoms with van der Waals surface area (Å²) in [5.41, 5.74) is 4.40. The summed E-state index contributed by atoms with van der Waals surface area (Å²) < 4.78 is 78.4. The first-order valence-electron chi connectivity index (χ1n) is 8.11. The Bertz CT molecular complexity index is 896. The monoisotopic (exact) mass is 407 g/mol. The Kier molecular flexibility index (Phi) is 5.24. The molecule has 0 aliphatic carbocycles. The molecule has 3 rings (SSSR count). The van der Waals surface area contributed by atoms with Crippen molar-refractivity contribution >= 4 is 11.6 Å². The number of nitrogens with zero attached hydrogens (tertiary/aromatic N) is 2. The lowest BCUT2D eigenvalue weighted by atomic mass is 10.0. The smallest absolute Gasteiger partial charge is 0.364 e. The molecule has 0 spiro atoms. The van der Waals surface area contributed by atoms with Gasteiger partial charge < -0.3 is 16.0 Å². The Balaban J connectivity index is 1.63. The van der Waals surface area contributed by atoms with Crippen molar-refractivity contribution in [1.82, 2.24) is 15.1 Å². The Hall–Kier alpha value is -2.76. The molecule has 2 aromatic rings. The molecule has 1 aromatic heterocycles. The predicted octanol–water partition coefficient (Wildman–Crippen LogP) is 2.52. The van der Waals surface area contributed by atoms with Crippen molar-refractivity contribution < 1.29 is 31.1 Å². The van der Waals surface area contributed by atoms with Gasteiger partial charge in [-0.05, 0) is 18.1 Å². The van der Waals surface area contributed by atoms with Crippen LogP contribution >= 0.6 is 0 Å². The minimum absolute atomic E-state index is 0.0900. The van der Waals surface area contributed by atoms with Gasteiger partial charge in [0.05, 0.1) is 24.6 Å². The van der Waals surface area contributed by atoms with Crippen LogP contribution in [-0.2, 0) is 23.9 Å². The zero-order valence-corrected chi connectivity index (χ0v) is 14.2. The summed E-state index contributed by atoms with van der Waals surface area (Å²) in [5.74, 6) is -4.05. The molecule has 12 heteroatoms. The number of H-pyrrole nitrogens is 1. The van der Waals surface area contributed by atoms with Gasteiger partial charge in [-0.15, -0.1) is 0 Å². The van der Waals surface area contributed by atoms with Gasteiger partial charge in [0.1, 0.15) is 5.82 Å². The fraction of sp³-hybridized carbons (Fsp3) is 0.375. The van der Waals surface area contributed by atoms with E-state index < -0.39 is 41.3 Å². The highest BCUT2D eigenvalue weighted by molar-refractivity contribution is 5.78. The van der Waals surface area contributed by atoms with Gasteiger partial charge >= 0.3 is 6.18 Å². The minimum atomic E-state index is -4.64. The van der Waals surface area contributed by atoms with Crippen molar-refractivity contribution in [2.75, 3.05) is 12.0 Å². The van der Waals surface area contributed by atoms with E-state index in [0.717, 1.165) is 0 Å². The molecule has 0 radical (unpaired) electrons. The van der Waals surface area contributed by atoms with Gasteiger partial charge in [-0.2, -0.15) is 18.3 Å². The van der Waals surface area contributed by atoms with Crippen LogP contribution in [0.1, 0.15) is 23.4 Å². The SMILES string of the molecule is NC(CC(=O)N1CNc2c(C(F)(F)F)n[nH]c2C1)Cc1cc(F)c(F)cc1F. The van der Waals surface area contributed by atoms with Crippen LogP contribution in [0.5, 0.6) is 0 Å². The fourth-order valence-electron chi connectivity index (χ4n) is 2.91. The summed E-state index contributed by atoms with van der Waals surface area (Å²) in [6.07, 6.45) is -5.13. The van der Waals surface area contributed by atoms with Crippen molar-refractivity contribution in [3.8, 4) is 0 Å². The number of nitrogens with two attached hydrogens (primary N) is 1. The van der Waals surface area contributed by atoms with Gasteiger partial charge in [0.25, 0.3) is 0 Å². The molecule has 0 saturated carbocycles. The van der Waals surface area contributed by atoms with Crippen molar-refractivity contribution in [3.63, 3.8) is 0 Å². The third-order valence-electron chi connectivity index (χ3n) is 4.27. The molecule has 2 heterocycles. The first-order chi connectivity index (χ1) is 13.1. The molecule has 6 nitrogen and oxygen atoms in total. The number of nitrogens with one attached hydrogen (secondary N) is 2. The molecule has 0 fully saturated rings. The highest BCUT2D eigenvalue weighted by atomic mass is 19.4. The van der Waals surface area contributed by atoms with Crippen molar-refractivity contribution in [3.05, 3.63) is 46.5 Å². The minimum Gasteiger partial charge on any atom is -0.364 e. The number of rotatable bonds is 4. The number of halogens is 6. The normalized spacial score (nSPS) is 15.2. The van der Waals surface area contributed by atoms with Crippen molar-refractivity contribution in [2.24, 2.45) is 5.73 Å². The van der Waals surface area contributed by atoms with E-state index in [-0.39, 0.29) is 43.0 Å². The highest BCUT2D eigenvalue weighted by Gasteiger charge is 2.39. The maximum atomic E-state index is 13.7. The Morgan fingerprint density at radius 1 is 1.21 bits per heavy atom. The van der Waals surface area contributed by atoms with E-state index in [1.807, 2.05) is 0 Å². The van der Waals surface area contributed by atoms with E-state index in [9.17, 15) is 31.1 Å². The highest BCUT2D eigenvalue weighted by Crippen LogP contribution is 2.36. The number of alkyl halides is 3. The lowest BCUT2D eigenvalue weighted by Gasteiger charge is -2.29. The van der Waals surface area contributed by atoms with Gasteiger partial charge in [-0.1, -0.05) is 0 Å². The van der Waals surface area contributed by atoms with Crippen LogP contribution in [0.2, 0.25) is 0 Å². The molecule has 1 unspecified atom stereocenters. The van der Waals surface area contributed by atoms with Gasteiger partial charge in [0.2, 0.25) is 5.91 Å². The molecule has 1 aliphatic heterocycles. The lowest BCUT2D eigenvalue weighted by Crippen LogP contribution is -2.41. The summed E-state index contributed by atoms with van der Waals surface area (Å²) in [5, 5.41) is 7.96. The topological polar surface area (TPSA) is 87.0 Å². The maximum Gasteiger partial charge on any atom is 0.437 e. The third-order valence-corrected chi connectivity index (χ3v) is 4.27. The number of hydrogen-bond acceptors (Lipinski definition) is 4. The number of carbonyl (C=O) groups excluding carboxylic acids is 1. The molecule has 4 N–H and O–H groups in total. The first kappa shape index (κ1) is 20.0. The van der Waals surface area contributed by atoms with Gasteiger partial charge in [0.15, 0.2) is 17.3 Å². The van der Waals surface area contributed by atoms with E-state index in [4.69, 9.17) is 5.73 Å². The Labute approximate surface area is 154 Å². The molecule has 0 bridgehead atoms. The summed E-state index contributed by atoms with van der Waals surface area (Å²) in [6, 6.07) is 0.166. The standard InChI is InChI=1S/C16H15F6N5O/c17-9-4-11(19)10(18)2-7(9)1-8(23)3-13(28)27-5-12-14(24-6-27)15(26-25-12)16(20,21)22/h2,4,8,24H,1,3,5-6,23H2,(H,25,26). The quantitative estimate of drug-likeness (QED) is 0.537. The molecule has 28 heavy (non-hydrogen) atoms. The molecule has 0 saturated heterocycles. The first-order valence-corrected chi connectivity index (χ1v) is 8.11. The summed E-state index contributed by atoms with van der Waals surface area (Å²) in [7, 11) is 0. The number of aromatic nitrogens is 2. The second-order valence-electron chi connectivity index (χ2n) is 6.38. The maximum absolute atomic E-state index is 13.7. The van der Waals surface area contributed by atoms with Crippen LogP contribution in [-0.4, -0.2) is 33.7 Å². The molecular formula is C16H15F6N5O. The summed E-state index contributed by atoms with van der Waals surface area (Å²) in [6.45, 7) is -0.336. The summed E-state index contributed by atoms with van der Waals surface area (Å²) in [4.78, 5) is 13.6. The van der Waals surface area contributed by atoms with E-state index in [1.54, 1.807) is 0 Å². The fourth-order valence-corrected chi connectivity index (χ4v) is 2.91. The van der Waals surface area contributed by atoms with Crippen LogP contribution in [0, 0.1) is 17.5 Å². The molecule has 152 valence electrons. The number of anilines is 1. The van der Waals surface area contributed by atoms with Gasteiger partial charge in [-0.3, -0.25) is 9.89 Å². The van der Waals surface area contributed by atoms with Crippen LogP contribution in [0.4, 0.5) is 32.0 Å². The predicted molar refractivity (Wildman–Crippen MR) is 85.2 cm³/mol. The molecule has 1 aliphatic rings. The number of benzene rings is 1. The molecular weight excluding hydrogens is 392 g/mol. The van der Waals surface area contributed by atoms with Crippen LogP contribution in [0.15, 0.2) is 12.1 Å². The third kappa shape index (κ3) is 4.06. The van der Waals surface area contributed by atoms with Gasteiger partial charge in [-0.25, -0.2) is 13.2 Å².